The van der Waals surface area contributed by atoms with Crippen LogP contribution in [0.4, 0.5) is 5.69 Å². The molecule has 0 radical (unpaired) electrons. The fourth-order valence-corrected chi connectivity index (χ4v) is 4.54. The normalized spacial score (nSPS) is 17.9. The number of hydrogen-bond acceptors (Lipinski definition) is 5. The van der Waals surface area contributed by atoms with Crippen molar-refractivity contribution in [1.82, 2.24) is 14.7 Å². The topological polar surface area (TPSA) is 73.0 Å². The molecule has 0 bridgehead atoms. The lowest BCUT2D eigenvalue weighted by Gasteiger charge is -2.36. The van der Waals surface area contributed by atoms with E-state index in [1.54, 1.807) is 12.1 Å². The van der Waals surface area contributed by atoms with E-state index in [0.717, 1.165) is 51.6 Å². The van der Waals surface area contributed by atoms with Gasteiger partial charge in [-0.15, -0.1) is 0 Å². The van der Waals surface area contributed by atoms with Crippen LogP contribution in [0.2, 0.25) is 0 Å². The van der Waals surface area contributed by atoms with Crippen LogP contribution in [-0.4, -0.2) is 72.2 Å². The summed E-state index contributed by atoms with van der Waals surface area (Å²) in [5.74, 6) is -0.549. The van der Waals surface area contributed by atoms with Crippen LogP contribution in [0.5, 0.6) is 0 Å². The average molecular weight is 441 g/mol. The van der Waals surface area contributed by atoms with E-state index in [1.165, 1.54) is 11.8 Å². The molecule has 174 valence electrons. The zero-order valence-electron chi connectivity index (χ0n) is 19.8. The van der Waals surface area contributed by atoms with Crippen LogP contribution in [0, 0.1) is 0 Å². The highest BCUT2D eigenvalue weighted by Crippen LogP contribution is 2.34. The maximum atomic E-state index is 13.5. The van der Waals surface area contributed by atoms with Gasteiger partial charge in [0.15, 0.2) is 0 Å². The second-order valence-corrected chi connectivity index (χ2v) is 8.95. The van der Waals surface area contributed by atoms with E-state index in [-0.39, 0.29) is 23.8 Å². The molecule has 1 saturated heterocycles. The van der Waals surface area contributed by atoms with Gasteiger partial charge >= 0.3 is 0 Å². The highest BCUT2D eigenvalue weighted by atomic mass is 16.2. The van der Waals surface area contributed by atoms with Crippen molar-refractivity contribution in [2.45, 2.75) is 58.4 Å². The fraction of sp³-hybridized carbons (Fsp3) is 0.560. The Balaban J connectivity index is 1.91. The molecular formula is C25H36N4O3. The number of nitrogens with zero attached hydrogens (tertiary/aromatic N) is 3. The zero-order valence-corrected chi connectivity index (χ0v) is 19.8. The molecule has 0 atom stereocenters. The Morgan fingerprint density at radius 1 is 1.06 bits per heavy atom. The van der Waals surface area contributed by atoms with Crippen molar-refractivity contribution in [3.8, 4) is 0 Å². The van der Waals surface area contributed by atoms with Crippen molar-refractivity contribution in [3.05, 3.63) is 35.5 Å². The molecule has 0 saturated carbocycles. The highest BCUT2D eigenvalue weighted by Gasteiger charge is 2.42. The number of piperidine rings is 1. The van der Waals surface area contributed by atoms with Gasteiger partial charge in [-0.25, -0.2) is 0 Å². The van der Waals surface area contributed by atoms with Gasteiger partial charge in [-0.1, -0.05) is 38.3 Å². The Hall–Kier alpha value is -2.67. The number of unbranched alkanes of at least 4 members (excludes halogenated alkanes) is 3. The minimum absolute atomic E-state index is 0.148. The molecule has 2 heterocycles. The summed E-state index contributed by atoms with van der Waals surface area (Å²) in [5, 5.41) is 2.75. The number of rotatable bonds is 9. The lowest BCUT2D eigenvalue weighted by Crippen LogP contribution is -2.43. The van der Waals surface area contributed by atoms with Crippen molar-refractivity contribution in [2.75, 3.05) is 39.0 Å². The van der Waals surface area contributed by atoms with Gasteiger partial charge in [0.1, 0.15) is 5.70 Å². The zero-order chi connectivity index (χ0) is 23.3. The maximum absolute atomic E-state index is 13.5. The van der Waals surface area contributed by atoms with Crippen molar-refractivity contribution in [1.29, 1.82) is 0 Å². The molecule has 1 aromatic rings. The lowest BCUT2D eigenvalue weighted by atomic mass is 10.00. The summed E-state index contributed by atoms with van der Waals surface area (Å²) in [5.41, 5.74) is 2.36. The van der Waals surface area contributed by atoms with Gasteiger partial charge in [-0.2, -0.15) is 0 Å². The van der Waals surface area contributed by atoms with Crippen LogP contribution in [0.1, 0.15) is 57.9 Å². The molecular weight excluding hydrogens is 404 g/mol. The lowest BCUT2D eigenvalue weighted by molar-refractivity contribution is -0.137. The molecule has 3 rings (SSSR count). The molecule has 32 heavy (non-hydrogen) atoms. The van der Waals surface area contributed by atoms with Crippen molar-refractivity contribution >= 4 is 29.0 Å². The van der Waals surface area contributed by atoms with Crippen molar-refractivity contribution in [3.63, 3.8) is 0 Å². The number of amides is 3. The van der Waals surface area contributed by atoms with E-state index in [9.17, 15) is 14.4 Å². The molecule has 7 heteroatoms. The Bertz CT molecular complexity index is 870. The predicted octanol–water partition coefficient (Wildman–Crippen LogP) is 3.33. The maximum Gasteiger partial charge on any atom is 0.277 e. The number of carbonyl (C=O) groups is 3. The van der Waals surface area contributed by atoms with Gasteiger partial charge in [-0.05, 0) is 57.1 Å². The SMILES string of the molecule is CCCCCCN1C(=O)C(c2ccc(NC(C)=O)cc2)=C(N(C)C2CCN(C)CC2)C1=O. The third-order valence-electron chi connectivity index (χ3n) is 6.46. The number of benzene rings is 1. The first-order chi connectivity index (χ1) is 15.3. The Kier molecular flexibility index (Phi) is 8.07. The first kappa shape index (κ1) is 24.0. The monoisotopic (exact) mass is 440 g/mol. The summed E-state index contributed by atoms with van der Waals surface area (Å²) < 4.78 is 0. The number of nitrogens with one attached hydrogen (secondary N) is 1. The first-order valence-corrected chi connectivity index (χ1v) is 11.7. The number of anilines is 1. The second-order valence-electron chi connectivity index (χ2n) is 8.95. The molecule has 0 aliphatic carbocycles. The van der Waals surface area contributed by atoms with Gasteiger partial charge in [0.05, 0.1) is 5.57 Å². The molecule has 0 spiro atoms. The first-order valence-electron chi connectivity index (χ1n) is 11.7. The molecule has 0 aromatic heterocycles. The molecule has 1 aromatic carbocycles. The summed E-state index contributed by atoms with van der Waals surface area (Å²) in [6, 6.07) is 7.41. The van der Waals surface area contributed by atoms with E-state index in [2.05, 4.69) is 24.2 Å². The summed E-state index contributed by atoms with van der Waals surface area (Å²) >= 11 is 0. The molecule has 0 unspecified atom stereocenters. The van der Waals surface area contributed by atoms with Crippen LogP contribution in [0.3, 0.4) is 0 Å². The van der Waals surface area contributed by atoms with Crippen molar-refractivity contribution in [2.24, 2.45) is 0 Å². The highest BCUT2D eigenvalue weighted by molar-refractivity contribution is 6.35. The van der Waals surface area contributed by atoms with Gasteiger partial charge in [-0.3, -0.25) is 19.3 Å². The second kappa shape index (κ2) is 10.8. The average Bonchev–Trinajstić information content (AvgIpc) is 3.01. The molecule has 2 aliphatic rings. The molecule has 1 fully saturated rings. The van der Waals surface area contributed by atoms with Crippen LogP contribution in [0.25, 0.3) is 5.57 Å². The standard InChI is InChI=1S/C25H36N4O3/c1-5-6-7-8-15-29-24(31)22(19-9-11-20(12-10-19)26-18(2)30)23(25(29)32)28(4)21-13-16-27(3)17-14-21/h9-12,21H,5-8,13-17H2,1-4H3,(H,26,30). The summed E-state index contributed by atoms with van der Waals surface area (Å²) in [6.07, 6.45) is 5.96. The summed E-state index contributed by atoms with van der Waals surface area (Å²) in [6.45, 7) is 6.01. The fourth-order valence-electron chi connectivity index (χ4n) is 4.54. The summed E-state index contributed by atoms with van der Waals surface area (Å²) in [4.78, 5) is 44.0. The molecule has 1 N–H and O–H groups in total. The number of imide groups is 1. The van der Waals surface area contributed by atoms with Crippen LogP contribution in [0.15, 0.2) is 30.0 Å². The molecule has 7 nitrogen and oxygen atoms in total. The number of hydrogen-bond donors (Lipinski definition) is 1. The molecule has 2 aliphatic heterocycles. The van der Waals surface area contributed by atoms with Crippen molar-refractivity contribution < 1.29 is 14.4 Å². The Morgan fingerprint density at radius 3 is 2.31 bits per heavy atom. The van der Waals surface area contributed by atoms with Gasteiger partial charge in [0.25, 0.3) is 11.8 Å². The third-order valence-corrected chi connectivity index (χ3v) is 6.46. The Morgan fingerprint density at radius 2 is 1.72 bits per heavy atom. The van der Waals surface area contributed by atoms with Crippen LogP contribution in [-0.2, 0) is 14.4 Å². The van der Waals surface area contributed by atoms with Crippen LogP contribution < -0.4 is 5.32 Å². The van der Waals surface area contributed by atoms with E-state index in [0.29, 0.717) is 29.1 Å². The Labute approximate surface area is 191 Å². The minimum Gasteiger partial charge on any atom is -0.366 e. The van der Waals surface area contributed by atoms with Gasteiger partial charge < -0.3 is 15.1 Å². The van der Waals surface area contributed by atoms with Crippen LogP contribution >= 0.6 is 0 Å². The number of carbonyl (C=O) groups excluding carboxylic acids is 3. The molecule has 3 amide bonds. The van der Waals surface area contributed by atoms with E-state index >= 15 is 0 Å². The smallest absolute Gasteiger partial charge is 0.277 e. The third kappa shape index (κ3) is 5.38. The number of likely N-dealkylation sites (N-methyl/N-ethyl adjacent to an activating group) is 1. The minimum atomic E-state index is -0.214. The van der Waals surface area contributed by atoms with E-state index in [1.807, 2.05) is 24.1 Å². The summed E-state index contributed by atoms with van der Waals surface area (Å²) in [7, 11) is 4.06. The predicted molar refractivity (Wildman–Crippen MR) is 127 cm³/mol. The largest absolute Gasteiger partial charge is 0.366 e. The number of likely N-dealkylation sites (tertiary alicyclic amines) is 1. The quantitative estimate of drug-likeness (QED) is 0.471. The van der Waals surface area contributed by atoms with Gasteiger partial charge in [0.2, 0.25) is 5.91 Å². The van der Waals surface area contributed by atoms with Gasteiger partial charge in [0, 0.05) is 32.2 Å². The van der Waals surface area contributed by atoms with E-state index < -0.39 is 0 Å². The van der Waals surface area contributed by atoms with E-state index in [4.69, 9.17) is 0 Å².